The molecule has 7 heteroatoms. The van der Waals surface area contributed by atoms with Crippen LogP contribution in [0.15, 0.2) is 72.6 Å². The van der Waals surface area contributed by atoms with Gasteiger partial charge in [-0.3, -0.25) is 14.6 Å². The molecule has 0 spiro atoms. The number of nitrogens with zero attached hydrogens (tertiary/aromatic N) is 2. The number of carbonyl (C=O) groups is 2. The highest BCUT2D eigenvalue weighted by atomic mass is 16.5. The van der Waals surface area contributed by atoms with Gasteiger partial charge in [-0.15, -0.1) is 0 Å². The normalized spacial score (nSPS) is 17.0. The number of methoxy groups -OCH3 is 1. The number of aromatic nitrogens is 1. The summed E-state index contributed by atoms with van der Waals surface area (Å²) in [6.07, 6.45) is 3.28. The smallest absolute Gasteiger partial charge is 0.295 e. The van der Waals surface area contributed by atoms with Crippen molar-refractivity contribution in [2.45, 2.75) is 39.3 Å². The molecule has 3 aromatic rings. The number of amides is 1. The second-order valence-electron chi connectivity index (χ2n) is 8.90. The summed E-state index contributed by atoms with van der Waals surface area (Å²) in [5.41, 5.74) is 2.89. The van der Waals surface area contributed by atoms with Gasteiger partial charge in [0.1, 0.15) is 17.3 Å². The van der Waals surface area contributed by atoms with Crippen LogP contribution in [0.4, 0.5) is 0 Å². The second-order valence-corrected chi connectivity index (χ2v) is 8.90. The van der Waals surface area contributed by atoms with E-state index >= 15 is 0 Å². The Morgan fingerprint density at radius 3 is 2.50 bits per heavy atom. The van der Waals surface area contributed by atoms with E-state index in [1.54, 1.807) is 62.0 Å². The van der Waals surface area contributed by atoms with Gasteiger partial charge in [-0.25, -0.2) is 0 Å². The summed E-state index contributed by atoms with van der Waals surface area (Å²) in [5.74, 6) is -0.173. The van der Waals surface area contributed by atoms with Crippen molar-refractivity contribution < 1.29 is 24.2 Å². The molecule has 0 radical (unpaired) electrons. The van der Waals surface area contributed by atoms with E-state index in [-0.39, 0.29) is 23.8 Å². The zero-order chi connectivity index (χ0) is 25.8. The number of aliphatic hydroxyl groups excluding tert-OH is 1. The van der Waals surface area contributed by atoms with Crippen LogP contribution in [0, 0.1) is 0 Å². The van der Waals surface area contributed by atoms with Crippen molar-refractivity contribution in [3.05, 3.63) is 94.8 Å². The number of benzene rings is 2. The number of likely N-dealkylation sites (tertiary alicyclic amines) is 1. The molecule has 0 aliphatic carbocycles. The van der Waals surface area contributed by atoms with Crippen molar-refractivity contribution in [2.24, 2.45) is 0 Å². The van der Waals surface area contributed by atoms with Crippen LogP contribution in [-0.4, -0.2) is 40.4 Å². The third kappa shape index (κ3) is 4.82. The van der Waals surface area contributed by atoms with E-state index < -0.39 is 17.7 Å². The van der Waals surface area contributed by atoms with E-state index in [1.807, 2.05) is 32.9 Å². The fourth-order valence-corrected chi connectivity index (χ4v) is 4.48. The van der Waals surface area contributed by atoms with Gasteiger partial charge in [0, 0.05) is 24.5 Å². The molecule has 0 bridgehead atoms. The van der Waals surface area contributed by atoms with E-state index in [1.165, 1.54) is 4.90 Å². The largest absolute Gasteiger partial charge is 0.507 e. The van der Waals surface area contributed by atoms with Crippen LogP contribution in [0.2, 0.25) is 0 Å². The molecule has 4 rings (SSSR count). The molecule has 1 N–H and O–H groups in total. The Morgan fingerprint density at radius 2 is 1.83 bits per heavy atom. The Morgan fingerprint density at radius 1 is 1.08 bits per heavy atom. The Balaban J connectivity index is 1.88. The molecule has 2 aromatic carbocycles. The van der Waals surface area contributed by atoms with Crippen molar-refractivity contribution in [3.8, 4) is 11.5 Å². The summed E-state index contributed by atoms with van der Waals surface area (Å²) in [6.45, 7) is 6.68. The van der Waals surface area contributed by atoms with Gasteiger partial charge in [0.2, 0.25) is 0 Å². The minimum Gasteiger partial charge on any atom is -0.507 e. The van der Waals surface area contributed by atoms with Crippen LogP contribution in [0.1, 0.15) is 55.0 Å². The fourth-order valence-electron chi connectivity index (χ4n) is 4.48. The number of hydrogen-bond donors (Lipinski definition) is 1. The third-order valence-electron chi connectivity index (χ3n) is 6.26. The lowest BCUT2D eigenvalue weighted by Gasteiger charge is -2.26. The fraction of sp³-hybridized carbons (Fsp3) is 0.276. The number of Topliss-reactive ketones (excluding diaryl/α,β-unsaturated/α-hetero) is 1. The van der Waals surface area contributed by atoms with E-state index in [4.69, 9.17) is 9.47 Å². The van der Waals surface area contributed by atoms with Crippen molar-refractivity contribution in [1.29, 1.82) is 0 Å². The number of ketones is 1. The first-order valence-corrected chi connectivity index (χ1v) is 11.9. The summed E-state index contributed by atoms with van der Waals surface area (Å²) in [7, 11) is 1.56. The van der Waals surface area contributed by atoms with Crippen LogP contribution >= 0.6 is 0 Å². The minimum atomic E-state index is -0.790. The van der Waals surface area contributed by atoms with E-state index in [9.17, 15) is 14.7 Å². The predicted octanol–water partition coefficient (Wildman–Crippen LogP) is 5.23. The molecular weight excluding hydrogens is 456 g/mol. The van der Waals surface area contributed by atoms with Crippen LogP contribution in [0.5, 0.6) is 11.5 Å². The Hall–Kier alpha value is -4.13. The van der Waals surface area contributed by atoms with E-state index in [0.29, 0.717) is 23.5 Å². The number of ether oxygens (including phenoxy) is 2. The first-order valence-electron chi connectivity index (χ1n) is 11.9. The summed E-state index contributed by atoms with van der Waals surface area (Å²) in [6, 6.07) is 15.3. The SMILES string of the molecule is CCOc1ccc(/C(O)=C2/C(=O)C(=O)N(Cc3ccncc3)C2c2cccc(OC)c2)cc1C(C)C. The van der Waals surface area contributed by atoms with Gasteiger partial charge < -0.3 is 19.5 Å². The van der Waals surface area contributed by atoms with Gasteiger partial charge in [0.15, 0.2) is 0 Å². The van der Waals surface area contributed by atoms with E-state index in [2.05, 4.69) is 4.98 Å². The van der Waals surface area contributed by atoms with Crippen LogP contribution in [-0.2, 0) is 16.1 Å². The first-order chi connectivity index (χ1) is 17.3. The molecule has 1 amide bonds. The lowest BCUT2D eigenvalue weighted by atomic mass is 9.93. The number of pyridine rings is 1. The summed E-state index contributed by atoms with van der Waals surface area (Å²) >= 11 is 0. The zero-order valence-electron chi connectivity index (χ0n) is 20.9. The highest BCUT2D eigenvalue weighted by Crippen LogP contribution is 2.42. The van der Waals surface area contributed by atoms with Crippen molar-refractivity contribution in [1.82, 2.24) is 9.88 Å². The Labute approximate surface area is 211 Å². The molecule has 1 saturated heterocycles. The Bertz CT molecular complexity index is 1300. The lowest BCUT2D eigenvalue weighted by molar-refractivity contribution is -0.140. The second kappa shape index (κ2) is 10.6. The van der Waals surface area contributed by atoms with Crippen LogP contribution < -0.4 is 9.47 Å². The summed E-state index contributed by atoms with van der Waals surface area (Å²) in [5, 5.41) is 11.5. The third-order valence-corrected chi connectivity index (χ3v) is 6.26. The number of rotatable bonds is 8. The maximum atomic E-state index is 13.4. The summed E-state index contributed by atoms with van der Waals surface area (Å²) < 4.78 is 11.1. The quantitative estimate of drug-likeness (QED) is 0.266. The maximum Gasteiger partial charge on any atom is 0.295 e. The van der Waals surface area contributed by atoms with Gasteiger partial charge in [-0.2, -0.15) is 0 Å². The molecule has 36 heavy (non-hydrogen) atoms. The molecule has 0 saturated carbocycles. The average molecular weight is 487 g/mol. The molecule has 2 heterocycles. The van der Waals surface area contributed by atoms with Crippen molar-refractivity contribution in [3.63, 3.8) is 0 Å². The maximum absolute atomic E-state index is 13.4. The number of hydrogen-bond acceptors (Lipinski definition) is 6. The van der Waals surface area contributed by atoms with Gasteiger partial charge in [0.25, 0.3) is 11.7 Å². The highest BCUT2D eigenvalue weighted by Gasteiger charge is 2.46. The topological polar surface area (TPSA) is 89.0 Å². The highest BCUT2D eigenvalue weighted by molar-refractivity contribution is 6.46. The van der Waals surface area contributed by atoms with Crippen LogP contribution in [0.3, 0.4) is 0 Å². The molecule has 7 nitrogen and oxygen atoms in total. The average Bonchev–Trinajstić information content (AvgIpc) is 3.14. The molecule has 1 atom stereocenters. The predicted molar refractivity (Wildman–Crippen MR) is 137 cm³/mol. The molecule has 1 unspecified atom stereocenters. The van der Waals surface area contributed by atoms with Crippen LogP contribution in [0.25, 0.3) is 5.76 Å². The monoisotopic (exact) mass is 486 g/mol. The lowest BCUT2D eigenvalue weighted by Crippen LogP contribution is -2.29. The standard InChI is InChI=1S/C29H30N2O5/c1-5-36-24-10-9-21(16-23(24)18(2)3)27(32)25-26(20-7-6-8-22(15-20)35-4)31(29(34)28(25)33)17-19-11-13-30-14-12-19/h6-16,18,26,32H,5,17H2,1-4H3/b27-25-. The van der Waals surface area contributed by atoms with Crippen molar-refractivity contribution in [2.75, 3.05) is 13.7 Å². The molecule has 1 aromatic heterocycles. The van der Waals surface area contributed by atoms with Gasteiger partial charge in [-0.1, -0.05) is 26.0 Å². The van der Waals surface area contributed by atoms with Gasteiger partial charge in [0.05, 0.1) is 25.3 Å². The van der Waals surface area contributed by atoms with E-state index in [0.717, 1.165) is 16.9 Å². The molecule has 1 aliphatic rings. The molecule has 1 fully saturated rings. The number of carbonyl (C=O) groups excluding carboxylic acids is 2. The summed E-state index contributed by atoms with van der Waals surface area (Å²) in [4.78, 5) is 32.2. The zero-order valence-corrected chi connectivity index (χ0v) is 20.9. The van der Waals surface area contributed by atoms with Gasteiger partial charge in [-0.05, 0) is 72.0 Å². The minimum absolute atomic E-state index is 0.0428. The number of aliphatic hydroxyl groups is 1. The molecule has 1 aliphatic heterocycles. The molecule has 186 valence electrons. The Kier molecular flexibility index (Phi) is 7.38. The van der Waals surface area contributed by atoms with Crippen molar-refractivity contribution >= 4 is 17.4 Å². The first kappa shape index (κ1) is 25.0. The molecular formula is C29H30N2O5. The van der Waals surface area contributed by atoms with Gasteiger partial charge >= 0.3 is 0 Å².